The fourth-order valence-electron chi connectivity index (χ4n) is 2.17. The summed E-state index contributed by atoms with van der Waals surface area (Å²) in [6, 6.07) is 5.30. The van der Waals surface area contributed by atoms with Gasteiger partial charge in [-0.15, -0.1) is 0 Å². The Morgan fingerprint density at radius 3 is 2.52 bits per heavy atom. The number of hydrogen-bond acceptors (Lipinski definition) is 4. The van der Waals surface area contributed by atoms with Crippen LogP contribution in [0, 0.1) is 6.92 Å². The first-order valence-corrected chi connectivity index (χ1v) is 8.66. The summed E-state index contributed by atoms with van der Waals surface area (Å²) in [5.74, 6) is 0. The number of sulfonamides is 1. The van der Waals surface area contributed by atoms with Crippen LogP contribution in [0.5, 0.6) is 0 Å². The van der Waals surface area contributed by atoms with E-state index in [-0.39, 0.29) is 6.04 Å². The third-order valence-corrected chi connectivity index (χ3v) is 5.15. The van der Waals surface area contributed by atoms with Crippen LogP contribution < -0.4 is 10.0 Å². The second kappa shape index (κ2) is 7.89. The maximum Gasteiger partial charge on any atom is 0.241 e. The Bertz CT molecular complexity index is 556. The summed E-state index contributed by atoms with van der Waals surface area (Å²) in [5, 5.41) is 3.06. The molecular formula is C15H27N3O2S. The van der Waals surface area contributed by atoms with Gasteiger partial charge in [-0.3, -0.25) is 0 Å². The summed E-state index contributed by atoms with van der Waals surface area (Å²) in [4.78, 5) is 2.41. The van der Waals surface area contributed by atoms with E-state index in [1.54, 1.807) is 12.1 Å². The largest absolute Gasteiger partial charge is 0.316 e. The Morgan fingerprint density at radius 1 is 1.29 bits per heavy atom. The molecule has 21 heavy (non-hydrogen) atoms. The van der Waals surface area contributed by atoms with Crippen molar-refractivity contribution < 1.29 is 8.42 Å². The van der Waals surface area contributed by atoms with Crippen LogP contribution in [-0.2, 0) is 16.6 Å². The van der Waals surface area contributed by atoms with E-state index in [9.17, 15) is 8.42 Å². The van der Waals surface area contributed by atoms with Gasteiger partial charge in [-0.2, -0.15) is 0 Å². The van der Waals surface area contributed by atoms with Crippen molar-refractivity contribution in [2.45, 2.75) is 37.8 Å². The van der Waals surface area contributed by atoms with Crippen molar-refractivity contribution in [3.8, 4) is 0 Å². The topological polar surface area (TPSA) is 61.4 Å². The molecule has 0 aliphatic rings. The van der Waals surface area contributed by atoms with Crippen LogP contribution in [0.15, 0.2) is 23.1 Å². The van der Waals surface area contributed by atoms with Crippen LogP contribution in [0.2, 0.25) is 0 Å². The lowest BCUT2D eigenvalue weighted by atomic mass is 10.1. The minimum atomic E-state index is -3.48. The molecule has 1 aromatic rings. The molecule has 0 radical (unpaired) electrons. The van der Waals surface area contributed by atoms with Crippen molar-refractivity contribution in [2.24, 2.45) is 0 Å². The minimum absolute atomic E-state index is 0.0928. The highest BCUT2D eigenvalue weighted by atomic mass is 32.2. The molecular weight excluding hydrogens is 286 g/mol. The third-order valence-electron chi connectivity index (χ3n) is 3.42. The molecule has 0 spiro atoms. The van der Waals surface area contributed by atoms with Gasteiger partial charge in [0, 0.05) is 12.6 Å². The van der Waals surface area contributed by atoms with E-state index < -0.39 is 10.0 Å². The number of rotatable bonds is 8. The maximum absolute atomic E-state index is 12.5. The first-order chi connectivity index (χ1) is 9.77. The first-order valence-electron chi connectivity index (χ1n) is 7.18. The second-order valence-electron chi connectivity index (χ2n) is 5.68. The smallest absolute Gasteiger partial charge is 0.241 e. The van der Waals surface area contributed by atoms with Gasteiger partial charge in [-0.05, 0) is 65.1 Å². The lowest BCUT2D eigenvalue weighted by Gasteiger charge is -2.18. The zero-order chi connectivity index (χ0) is 16.0. The molecule has 1 aromatic carbocycles. The van der Waals surface area contributed by atoms with Crippen molar-refractivity contribution in [2.75, 3.05) is 27.7 Å². The predicted octanol–water partition coefficient (Wildman–Crippen LogP) is 1.33. The summed E-state index contributed by atoms with van der Waals surface area (Å²) in [6.45, 7) is 5.26. The highest BCUT2D eigenvalue weighted by Crippen LogP contribution is 2.19. The molecule has 0 aliphatic heterocycles. The molecule has 120 valence electrons. The van der Waals surface area contributed by atoms with Crippen molar-refractivity contribution in [3.63, 3.8) is 0 Å². The molecule has 2 N–H and O–H groups in total. The van der Waals surface area contributed by atoms with E-state index in [0.717, 1.165) is 24.1 Å². The zero-order valence-corrected chi connectivity index (χ0v) is 14.4. The Labute approximate surface area is 128 Å². The van der Waals surface area contributed by atoms with Crippen LogP contribution in [0.3, 0.4) is 0 Å². The Kier molecular flexibility index (Phi) is 6.80. The molecule has 1 unspecified atom stereocenters. The van der Waals surface area contributed by atoms with E-state index in [4.69, 9.17) is 0 Å². The summed E-state index contributed by atoms with van der Waals surface area (Å²) in [5.41, 5.74) is 1.81. The third kappa shape index (κ3) is 5.39. The standard InChI is InChI=1S/C15H27N3O2S/c1-12(9-10-18(4)5)17-21(19,20)15-8-6-7-14(11-16-3)13(15)2/h6-8,12,16-17H,9-11H2,1-5H3. The van der Waals surface area contributed by atoms with Crippen molar-refractivity contribution in [1.29, 1.82) is 0 Å². The van der Waals surface area contributed by atoms with Gasteiger partial charge in [0.2, 0.25) is 10.0 Å². The Morgan fingerprint density at radius 2 is 1.95 bits per heavy atom. The normalized spacial score (nSPS) is 13.6. The van der Waals surface area contributed by atoms with Crippen LogP contribution in [-0.4, -0.2) is 47.0 Å². The van der Waals surface area contributed by atoms with Gasteiger partial charge in [0.25, 0.3) is 0 Å². The van der Waals surface area contributed by atoms with E-state index in [0.29, 0.717) is 11.4 Å². The minimum Gasteiger partial charge on any atom is -0.316 e. The summed E-state index contributed by atoms with van der Waals surface area (Å²) in [6.07, 6.45) is 0.779. The van der Waals surface area contributed by atoms with E-state index in [2.05, 4.69) is 10.0 Å². The van der Waals surface area contributed by atoms with Gasteiger partial charge in [0.05, 0.1) is 4.90 Å². The van der Waals surface area contributed by atoms with Gasteiger partial charge >= 0.3 is 0 Å². The van der Waals surface area contributed by atoms with Crippen LogP contribution in [0.1, 0.15) is 24.5 Å². The highest BCUT2D eigenvalue weighted by molar-refractivity contribution is 7.89. The van der Waals surface area contributed by atoms with Crippen LogP contribution in [0.25, 0.3) is 0 Å². The summed E-state index contributed by atoms with van der Waals surface area (Å²) in [7, 11) is 2.33. The molecule has 0 heterocycles. The van der Waals surface area contributed by atoms with E-state index >= 15 is 0 Å². The summed E-state index contributed by atoms with van der Waals surface area (Å²) < 4.78 is 27.8. The molecule has 1 rings (SSSR count). The van der Waals surface area contributed by atoms with Crippen molar-refractivity contribution in [1.82, 2.24) is 14.9 Å². The maximum atomic E-state index is 12.5. The molecule has 0 aromatic heterocycles. The Balaban J connectivity index is 2.90. The van der Waals surface area contributed by atoms with E-state index in [1.165, 1.54) is 0 Å². The lowest BCUT2D eigenvalue weighted by Crippen LogP contribution is -2.35. The van der Waals surface area contributed by atoms with Crippen molar-refractivity contribution >= 4 is 10.0 Å². The number of nitrogens with zero attached hydrogens (tertiary/aromatic N) is 1. The van der Waals surface area contributed by atoms with Gasteiger partial charge in [-0.25, -0.2) is 13.1 Å². The fourth-order valence-corrected chi connectivity index (χ4v) is 3.74. The number of benzene rings is 1. The van der Waals surface area contributed by atoms with Gasteiger partial charge < -0.3 is 10.2 Å². The molecule has 1 atom stereocenters. The molecule has 0 fully saturated rings. The van der Waals surface area contributed by atoms with Crippen LogP contribution in [0.4, 0.5) is 0 Å². The molecule has 5 nitrogen and oxygen atoms in total. The average Bonchev–Trinajstić information content (AvgIpc) is 2.38. The zero-order valence-electron chi connectivity index (χ0n) is 13.6. The van der Waals surface area contributed by atoms with Gasteiger partial charge in [0.1, 0.15) is 0 Å². The lowest BCUT2D eigenvalue weighted by molar-refractivity contribution is 0.379. The highest BCUT2D eigenvalue weighted by Gasteiger charge is 2.20. The van der Waals surface area contributed by atoms with Crippen LogP contribution >= 0.6 is 0 Å². The molecule has 0 saturated heterocycles. The average molecular weight is 313 g/mol. The summed E-state index contributed by atoms with van der Waals surface area (Å²) >= 11 is 0. The monoisotopic (exact) mass is 313 g/mol. The predicted molar refractivity (Wildman–Crippen MR) is 86.9 cm³/mol. The molecule has 0 aliphatic carbocycles. The second-order valence-corrected chi connectivity index (χ2v) is 7.37. The van der Waals surface area contributed by atoms with Gasteiger partial charge in [0.15, 0.2) is 0 Å². The SMILES string of the molecule is CNCc1cccc(S(=O)(=O)NC(C)CCN(C)C)c1C. The first kappa shape index (κ1) is 18.1. The van der Waals surface area contributed by atoms with Gasteiger partial charge in [-0.1, -0.05) is 12.1 Å². The number of nitrogens with one attached hydrogen (secondary N) is 2. The molecule has 6 heteroatoms. The number of hydrogen-bond donors (Lipinski definition) is 2. The van der Waals surface area contributed by atoms with E-state index in [1.807, 2.05) is 46.0 Å². The molecule has 0 saturated carbocycles. The molecule has 0 amide bonds. The molecule has 0 bridgehead atoms. The fraction of sp³-hybridized carbons (Fsp3) is 0.600. The quantitative estimate of drug-likeness (QED) is 0.760. The Hall–Kier alpha value is -0.950. The van der Waals surface area contributed by atoms with Crippen molar-refractivity contribution in [3.05, 3.63) is 29.3 Å².